The topological polar surface area (TPSA) is 42.0 Å². The molecule has 1 aliphatic heterocycles. The van der Waals surface area contributed by atoms with Crippen LogP contribution in [0, 0.1) is 5.82 Å². The summed E-state index contributed by atoms with van der Waals surface area (Å²) in [6, 6.07) is 11.7. The van der Waals surface area contributed by atoms with Crippen molar-refractivity contribution in [1.82, 2.24) is 9.80 Å². The molecular weight excluding hydrogens is 391 g/mol. The molecule has 0 spiro atoms. The van der Waals surface area contributed by atoms with Crippen LogP contribution in [0.25, 0.3) is 6.08 Å². The van der Waals surface area contributed by atoms with E-state index < -0.39 is 0 Å². The van der Waals surface area contributed by atoms with Crippen molar-refractivity contribution < 1.29 is 18.7 Å². The highest BCUT2D eigenvalue weighted by Crippen LogP contribution is 2.31. The van der Waals surface area contributed by atoms with E-state index in [0.717, 1.165) is 11.1 Å². The van der Waals surface area contributed by atoms with Gasteiger partial charge in [-0.15, -0.1) is 0 Å². The summed E-state index contributed by atoms with van der Waals surface area (Å²) in [5, 5.41) is 0.490. The highest BCUT2D eigenvalue weighted by atomic mass is 32.1. The smallest absolute Gasteiger partial charge is 0.276 e. The molecule has 2 aromatic carbocycles. The van der Waals surface area contributed by atoms with Gasteiger partial charge in [-0.2, -0.15) is 0 Å². The van der Waals surface area contributed by atoms with Crippen molar-refractivity contribution in [3.63, 3.8) is 0 Å². The Hall–Kier alpha value is -2.93. The van der Waals surface area contributed by atoms with E-state index in [9.17, 15) is 9.18 Å². The third-order valence-electron chi connectivity index (χ3n) is 4.51. The number of nitrogens with zero attached hydrogens (tertiary/aromatic N) is 2. The van der Waals surface area contributed by atoms with E-state index in [2.05, 4.69) is 0 Å². The summed E-state index contributed by atoms with van der Waals surface area (Å²) < 4.78 is 24.9. The lowest BCUT2D eigenvalue weighted by Crippen LogP contribution is -2.30. The molecule has 7 heteroatoms. The van der Waals surface area contributed by atoms with Gasteiger partial charge in [-0.1, -0.05) is 18.2 Å². The van der Waals surface area contributed by atoms with Crippen LogP contribution < -0.4 is 9.47 Å². The Morgan fingerprint density at radius 1 is 1.10 bits per heavy atom. The third kappa shape index (κ3) is 4.56. The summed E-state index contributed by atoms with van der Waals surface area (Å²) in [4.78, 5) is 15.8. The zero-order chi connectivity index (χ0) is 21.0. The second-order valence-corrected chi connectivity index (χ2v) is 6.84. The van der Waals surface area contributed by atoms with Crippen LogP contribution in [-0.2, 0) is 11.4 Å². The lowest BCUT2D eigenvalue weighted by atomic mass is 10.1. The van der Waals surface area contributed by atoms with Gasteiger partial charge < -0.3 is 14.4 Å². The summed E-state index contributed by atoms with van der Waals surface area (Å²) in [7, 11) is 1.78. The minimum Gasteiger partial charge on any atom is -0.490 e. The molecule has 1 saturated heterocycles. The maximum Gasteiger partial charge on any atom is 0.276 e. The van der Waals surface area contributed by atoms with E-state index in [0.29, 0.717) is 35.5 Å². The zero-order valence-electron chi connectivity index (χ0n) is 16.6. The fourth-order valence-electron chi connectivity index (χ4n) is 3.04. The molecular formula is C22H23FN2O3S. The van der Waals surface area contributed by atoms with Gasteiger partial charge in [-0.3, -0.25) is 9.69 Å². The molecule has 1 fully saturated rings. The Labute approximate surface area is 175 Å². The predicted molar refractivity (Wildman–Crippen MR) is 114 cm³/mol. The molecule has 0 aromatic heterocycles. The second kappa shape index (κ2) is 9.05. The molecule has 0 radical (unpaired) electrons. The Kier molecular flexibility index (Phi) is 6.49. The van der Waals surface area contributed by atoms with Crippen molar-refractivity contribution in [1.29, 1.82) is 0 Å². The van der Waals surface area contributed by atoms with Crippen LogP contribution in [0.1, 0.15) is 25.0 Å². The highest BCUT2D eigenvalue weighted by Gasteiger charge is 2.34. The SMILES string of the molecule is CCOc1cc(/C=C2/C(=O)N(CC)C(=S)N2C)ccc1OCc1cccc(F)c1. The van der Waals surface area contributed by atoms with E-state index in [4.69, 9.17) is 21.7 Å². The Morgan fingerprint density at radius 3 is 2.55 bits per heavy atom. The van der Waals surface area contributed by atoms with Crippen LogP contribution >= 0.6 is 12.2 Å². The number of amides is 1. The van der Waals surface area contributed by atoms with Gasteiger partial charge in [0.2, 0.25) is 0 Å². The van der Waals surface area contributed by atoms with Gasteiger partial charge in [0.25, 0.3) is 5.91 Å². The van der Waals surface area contributed by atoms with Gasteiger partial charge in [-0.05, 0) is 67.5 Å². The summed E-state index contributed by atoms with van der Waals surface area (Å²) in [6.45, 7) is 4.98. The van der Waals surface area contributed by atoms with Crippen LogP contribution in [0.5, 0.6) is 11.5 Å². The van der Waals surface area contributed by atoms with Gasteiger partial charge in [0.15, 0.2) is 16.6 Å². The molecule has 0 saturated carbocycles. The zero-order valence-corrected chi connectivity index (χ0v) is 17.5. The Balaban J connectivity index is 1.84. The average molecular weight is 415 g/mol. The first kappa shape index (κ1) is 20.8. The molecule has 0 unspecified atom stereocenters. The third-order valence-corrected chi connectivity index (χ3v) is 5.01. The predicted octanol–water partition coefficient (Wildman–Crippen LogP) is 4.22. The van der Waals surface area contributed by atoms with Crippen molar-refractivity contribution in [2.45, 2.75) is 20.5 Å². The van der Waals surface area contributed by atoms with Crippen LogP contribution in [0.3, 0.4) is 0 Å². The van der Waals surface area contributed by atoms with Crippen molar-refractivity contribution >= 4 is 29.3 Å². The highest BCUT2D eigenvalue weighted by molar-refractivity contribution is 7.80. The van der Waals surface area contributed by atoms with E-state index in [1.807, 2.05) is 26.0 Å². The fourth-order valence-corrected chi connectivity index (χ4v) is 3.35. The molecule has 0 bridgehead atoms. The average Bonchev–Trinajstić information content (AvgIpc) is 2.90. The lowest BCUT2D eigenvalue weighted by molar-refractivity contribution is -0.122. The van der Waals surface area contributed by atoms with Crippen molar-refractivity contribution in [3.8, 4) is 11.5 Å². The number of rotatable bonds is 7. The molecule has 29 heavy (non-hydrogen) atoms. The minimum atomic E-state index is -0.303. The molecule has 3 rings (SSSR count). The summed E-state index contributed by atoms with van der Waals surface area (Å²) in [5.74, 6) is 0.684. The first-order chi connectivity index (χ1) is 13.9. The summed E-state index contributed by atoms with van der Waals surface area (Å²) in [5.41, 5.74) is 2.03. The molecule has 0 atom stereocenters. The number of carbonyl (C=O) groups excluding carboxylic acids is 1. The van der Waals surface area contributed by atoms with Crippen LogP contribution in [0.4, 0.5) is 4.39 Å². The number of benzene rings is 2. The van der Waals surface area contributed by atoms with Crippen LogP contribution in [0.15, 0.2) is 48.2 Å². The van der Waals surface area contributed by atoms with Gasteiger partial charge in [0.1, 0.15) is 18.1 Å². The van der Waals surface area contributed by atoms with Crippen LogP contribution in [-0.4, -0.2) is 41.0 Å². The van der Waals surface area contributed by atoms with Gasteiger partial charge >= 0.3 is 0 Å². The second-order valence-electron chi connectivity index (χ2n) is 6.48. The number of likely N-dealkylation sites (N-methyl/N-ethyl adjacent to an activating group) is 2. The molecule has 2 aromatic rings. The lowest BCUT2D eigenvalue weighted by Gasteiger charge is -2.14. The molecule has 1 amide bonds. The number of ether oxygens (including phenoxy) is 2. The van der Waals surface area contributed by atoms with Crippen molar-refractivity contribution in [3.05, 3.63) is 65.1 Å². The standard InChI is InChI=1S/C22H23FN2O3S/c1-4-25-21(26)18(24(3)22(25)29)12-15-9-10-19(20(13-15)27-5-2)28-14-16-7-6-8-17(23)11-16/h6-13H,4-5,14H2,1-3H3/b18-12-. The van der Waals surface area contributed by atoms with E-state index >= 15 is 0 Å². The Bertz CT molecular complexity index is 961. The summed E-state index contributed by atoms with van der Waals surface area (Å²) in [6.07, 6.45) is 1.78. The maximum atomic E-state index is 13.4. The minimum absolute atomic E-state index is 0.121. The molecule has 5 nitrogen and oxygen atoms in total. The molecule has 0 aliphatic carbocycles. The first-order valence-electron chi connectivity index (χ1n) is 9.40. The fraction of sp³-hybridized carbons (Fsp3) is 0.273. The van der Waals surface area contributed by atoms with Gasteiger partial charge in [0.05, 0.1) is 6.61 Å². The number of thiocarbonyl (C=S) groups is 1. The normalized spacial score (nSPS) is 15.4. The maximum absolute atomic E-state index is 13.4. The number of halogens is 1. The summed E-state index contributed by atoms with van der Waals surface area (Å²) >= 11 is 5.33. The van der Waals surface area contributed by atoms with E-state index in [1.165, 1.54) is 12.1 Å². The van der Waals surface area contributed by atoms with E-state index in [-0.39, 0.29) is 18.3 Å². The van der Waals surface area contributed by atoms with Gasteiger partial charge in [-0.25, -0.2) is 4.39 Å². The van der Waals surface area contributed by atoms with Gasteiger partial charge in [0, 0.05) is 13.6 Å². The Morgan fingerprint density at radius 2 is 1.90 bits per heavy atom. The van der Waals surface area contributed by atoms with Crippen LogP contribution in [0.2, 0.25) is 0 Å². The quantitative estimate of drug-likeness (QED) is 0.501. The number of hydrogen-bond acceptors (Lipinski definition) is 4. The van der Waals surface area contributed by atoms with E-state index in [1.54, 1.807) is 41.1 Å². The largest absolute Gasteiger partial charge is 0.490 e. The molecule has 152 valence electrons. The number of carbonyl (C=O) groups is 1. The first-order valence-corrected chi connectivity index (χ1v) is 9.80. The molecule has 0 N–H and O–H groups in total. The van der Waals surface area contributed by atoms with Crippen molar-refractivity contribution in [2.24, 2.45) is 0 Å². The van der Waals surface area contributed by atoms with Crippen molar-refractivity contribution in [2.75, 3.05) is 20.2 Å². The monoisotopic (exact) mass is 414 g/mol. The molecule has 1 heterocycles. The number of hydrogen-bond donors (Lipinski definition) is 0. The molecule has 1 aliphatic rings.